The van der Waals surface area contributed by atoms with Crippen LogP contribution in [0.1, 0.15) is 48.0 Å². The normalized spacial score (nSPS) is 16.7. The van der Waals surface area contributed by atoms with Gasteiger partial charge in [-0.05, 0) is 49.1 Å². The van der Waals surface area contributed by atoms with Crippen LogP contribution in [0, 0.1) is 12.8 Å². The molecule has 34 heavy (non-hydrogen) atoms. The van der Waals surface area contributed by atoms with Crippen molar-refractivity contribution >= 4 is 28.7 Å². The fourth-order valence-electron chi connectivity index (χ4n) is 4.78. The van der Waals surface area contributed by atoms with Crippen molar-refractivity contribution in [3.05, 3.63) is 70.9 Å². The Labute approximate surface area is 199 Å². The molecule has 7 heteroatoms. The summed E-state index contributed by atoms with van der Waals surface area (Å²) in [5, 5.41) is 10.3. The predicted molar refractivity (Wildman–Crippen MR) is 131 cm³/mol. The van der Waals surface area contributed by atoms with E-state index in [4.69, 9.17) is 0 Å². The second-order valence-corrected chi connectivity index (χ2v) is 9.49. The fourth-order valence-corrected chi connectivity index (χ4v) is 4.78. The van der Waals surface area contributed by atoms with Crippen molar-refractivity contribution in [3.63, 3.8) is 0 Å². The number of amides is 2. The summed E-state index contributed by atoms with van der Waals surface area (Å²) in [6.45, 7) is 9.50. The van der Waals surface area contributed by atoms with Crippen LogP contribution in [0.3, 0.4) is 0 Å². The smallest absolute Gasteiger partial charge is 0.335 e. The first-order valence-corrected chi connectivity index (χ1v) is 11.6. The lowest BCUT2D eigenvalue weighted by molar-refractivity contribution is -0.156. The zero-order valence-corrected chi connectivity index (χ0v) is 20.1. The summed E-state index contributed by atoms with van der Waals surface area (Å²) in [6.07, 6.45) is 0. The Balaban J connectivity index is 1.69. The second kappa shape index (κ2) is 9.33. The summed E-state index contributed by atoms with van der Waals surface area (Å²) in [4.78, 5) is 40.7. The van der Waals surface area contributed by atoms with Gasteiger partial charge in [-0.2, -0.15) is 0 Å². The van der Waals surface area contributed by atoms with Crippen molar-refractivity contribution in [1.29, 1.82) is 0 Å². The van der Waals surface area contributed by atoms with Gasteiger partial charge >= 0.3 is 5.97 Å². The number of carboxylic acids is 1. The molecule has 178 valence electrons. The van der Waals surface area contributed by atoms with Gasteiger partial charge in [-0.3, -0.25) is 9.59 Å². The summed E-state index contributed by atoms with van der Waals surface area (Å²) in [6, 6.07) is 14.4. The van der Waals surface area contributed by atoms with E-state index >= 15 is 0 Å². The van der Waals surface area contributed by atoms with Crippen LogP contribution in [0.15, 0.2) is 48.5 Å². The van der Waals surface area contributed by atoms with E-state index in [0.29, 0.717) is 25.6 Å². The molecule has 1 N–H and O–H groups in total. The van der Waals surface area contributed by atoms with Gasteiger partial charge in [0.2, 0.25) is 11.8 Å². The molecule has 0 bridgehead atoms. The minimum absolute atomic E-state index is 0.0159. The maximum Gasteiger partial charge on any atom is 0.335 e. The van der Waals surface area contributed by atoms with Crippen molar-refractivity contribution in [1.82, 2.24) is 14.4 Å². The Morgan fingerprint density at radius 2 is 1.74 bits per heavy atom. The van der Waals surface area contributed by atoms with Gasteiger partial charge in [0.15, 0.2) is 0 Å². The first-order valence-electron chi connectivity index (χ1n) is 11.6. The van der Waals surface area contributed by atoms with Crippen LogP contribution in [0.5, 0.6) is 0 Å². The lowest BCUT2D eigenvalue weighted by atomic mass is 10.1. The fraction of sp³-hybridized carbons (Fsp3) is 0.370. The van der Waals surface area contributed by atoms with Crippen LogP contribution < -0.4 is 0 Å². The predicted octanol–water partition coefficient (Wildman–Crippen LogP) is 3.91. The molecular weight excluding hydrogens is 430 g/mol. The highest BCUT2D eigenvalue weighted by Crippen LogP contribution is 2.29. The molecule has 1 fully saturated rings. The molecule has 2 amide bonds. The molecule has 1 aromatic heterocycles. The van der Waals surface area contributed by atoms with Gasteiger partial charge in [-0.1, -0.05) is 44.2 Å². The molecular formula is C27H31N3O4. The standard InChI is InChI=1S/C27H31N3O4/c1-17(2)13-28-16-25(31)29(19(4)26(28)32)15-24-18(3)22-7-5-6-8-23(22)30(24)14-20-9-11-21(12-10-20)27(33)34/h5-12,17,19H,13-16H2,1-4H3,(H,33,34). The van der Waals surface area contributed by atoms with Gasteiger partial charge in [0, 0.05) is 29.7 Å². The number of fused-ring (bicyclic) bond motifs is 1. The van der Waals surface area contributed by atoms with Crippen molar-refractivity contribution in [2.24, 2.45) is 5.92 Å². The van der Waals surface area contributed by atoms with Crippen LogP contribution >= 0.6 is 0 Å². The Hall–Kier alpha value is -3.61. The van der Waals surface area contributed by atoms with Crippen molar-refractivity contribution in [2.45, 2.75) is 46.8 Å². The Morgan fingerprint density at radius 3 is 2.38 bits per heavy atom. The number of rotatable bonds is 7. The molecule has 1 aliphatic heterocycles. The van der Waals surface area contributed by atoms with Crippen LogP contribution in [0.4, 0.5) is 0 Å². The first-order chi connectivity index (χ1) is 16.2. The Kier molecular flexibility index (Phi) is 6.46. The lowest BCUT2D eigenvalue weighted by Gasteiger charge is -2.39. The van der Waals surface area contributed by atoms with E-state index in [9.17, 15) is 19.5 Å². The van der Waals surface area contributed by atoms with Crippen LogP contribution in [-0.4, -0.2) is 56.4 Å². The monoisotopic (exact) mass is 461 g/mol. The van der Waals surface area contributed by atoms with Gasteiger partial charge in [-0.15, -0.1) is 0 Å². The topological polar surface area (TPSA) is 82.9 Å². The van der Waals surface area contributed by atoms with Crippen molar-refractivity contribution < 1.29 is 19.5 Å². The highest BCUT2D eigenvalue weighted by Gasteiger charge is 2.37. The Morgan fingerprint density at radius 1 is 1.06 bits per heavy atom. The van der Waals surface area contributed by atoms with Crippen molar-refractivity contribution in [3.8, 4) is 0 Å². The third-order valence-corrected chi connectivity index (χ3v) is 6.59. The van der Waals surface area contributed by atoms with Crippen LogP contribution in [0.25, 0.3) is 10.9 Å². The number of benzene rings is 2. The number of aryl methyl sites for hydroxylation is 1. The lowest BCUT2D eigenvalue weighted by Crippen LogP contribution is -2.59. The van der Waals surface area contributed by atoms with E-state index in [-0.39, 0.29) is 23.9 Å². The quantitative estimate of drug-likeness (QED) is 0.578. The molecule has 4 rings (SSSR count). The van der Waals surface area contributed by atoms with E-state index < -0.39 is 12.0 Å². The second-order valence-electron chi connectivity index (χ2n) is 9.49. The number of carboxylic acid groups (broad SMARTS) is 1. The zero-order valence-electron chi connectivity index (χ0n) is 20.1. The summed E-state index contributed by atoms with van der Waals surface area (Å²) >= 11 is 0. The maximum atomic E-state index is 13.1. The molecule has 0 spiro atoms. The largest absolute Gasteiger partial charge is 0.478 e. The molecule has 1 aliphatic rings. The van der Waals surface area contributed by atoms with E-state index in [2.05, 4.69) is 16.7 Å². The van der Waals surface area contributed by atoms with Gasteiger partial charge in [0.1, 0.15) is 6.04 Å². The Bertz CT molecular complexity index is 1240. The molecule has 1 unspecified atom stereocenters. The van der Waals surface area contributed by atoms with E-state index in [1.165, 1.54) is 0 Å². The molecule has 2 aromatic carbocycles. The molecule has 1 atom stereocenters. The van der Waals surface area contributed by atoms with Crippen LogP contribution in [0.2, 0.25) is 0 Å². The molecule has 0 radical (unpaired) electrons. The number of aromatic nitrogens is 1. The third-order valence-electron chi connectivity index (χ3n) is 6.59. The third kappa shape index (κ3) is 4.42. The SMILES string of the molecule is Cc1c(CN2C(=O)CN(CC(C)C)C(=O)C2C)n(Cc2ccc(C(=O)O)cc2)c2ccccc12. The average molecular weight is 462 g/mol. The number of carbonyl (C=O) groups excluding carboxylic acids is 2. The molecule has 2 heterocycles. The number of para-hydroxylation sites is 1. The molecule has 0 saturated carbocycles. The van der Waals surface area contributed by atoms with E-state index in [1.807, 2.05) is 45.0 Å². The van der Waals surface area contributed by atoms with E-state index in [0.717, 1.165) is 27.7 Å². The minimum atomic E-state index is -0.955. The number of hydrogen-bond acceptors (Lipinski definition) is 3. The van der Waals surface area contributed by atoms with Gasteiger partial charge in [0.25, 0.3) is 0 Å². The maximum absolute atomic E-state index is 13.1. The summed E-state index contributed by atoms with van der Waals surface area (Å²) in [5.41, 5.74) is 4.31. The van der Waals surface area contributed by atoms with E-state index in [1.54, 1.807) is 28.9 Å². The van der Waals surface area contributed by atoms with Gasteiger partial charge < -0.3 is 19.5 Å². The highest BCUT2D eigenvalue weighted by atomic mass is 16.4. The highest BCUT2D eigenvalue weighted by molar-refractivity contribution is 5.95. The molecule has 1 saturated heterocycles. The zero-order chi connectivity index (χ0) is 24.6. The van der Waals surface area contributed by atoms with Crippen LogP contribution in [-0.2, 0) is 22.7 Å². The van der Waals surface area contributed by atoms with Crippen molar-refractivity contribution in [2.75, 3.05) is 13.1 Å². The molecule has 7 nitrogen and oxygen atoms in total. The number of hydrogen-bond donors (Lipinski definition) is 1. The molecule has 3 aromatic rings. The number of carbonyl (C=O) groups is 3. The van der Waals surface area contributed by atoms with Gasteiger partial charge in [0.05, 0.1) is 18.7 Å². The summed E-state index contributed by atoms with van der Waals surface area (Å²) < 4.78 is 2.17. The number of nitrogens with zero attached hydrogens (tertiary/aromatic N) is 3. The average Bonchev–Trinajstić information content (AvgIpc) is 3.06. The first kappa shape index (κ1) is 23.5. The number of aromatic carboxylic acids is 1. The summed E-state index contributed by atoms with van der Waals surface area (Å²) in [5.74, 6) is -0.719. The summed E-state index contributed by atoms with van der Waals surface area (Å²) in [7, 11) is 0. The van der Waals surface area contributed by atoms with Gasteiger partial charge in [-0.25, -0.2) is 4.79 Å². The number of piperazine rings is 1. The minimum Gasteiger partial charge on any atom is -0.478 e. The molecule has 0 aliphatic carbocycles.